The van der Waals surface area contributed by atoms with Crippen LogP contribution in [0.2, 0.25) is 0 Å². The maximum Gasteiger partial charge on any atom is 0.317 e. The average Bonchev–Trinajstić information content (AvgIpc) is 3.33. The van der Waals surface area contributed by atoms with Gasteiger partial charge in [0.05, 0.1) is 35.0 Å². The summed E-state index contributed by atoms with van der Waals surface area (Å²) in [6.07, 6.45) is 0.733. The summed E-state index contributed by atoms with van der Waals surface area (Å²) in [4.78, 5) is 13.5. The van der Waals surface area contributed by atoms with Gasteiger partial charge in [0.25, 0.3) is 0 Å². The molecule has 0 atom stereocenters. The van der Waals surface area contributed by atoms with Gasteiger partial charge >= 0.3 is 5.97 Å². The van der Waals surface area contributed by atoms with Crippen LogP contribution in [0.25, 0.3) is 0 Å². The van der Waals surface area contributed by atoms with Crippen LogP contribution >= 0.6 is 0 Å². The van der Waals surface area contributed by atoms with Crippen molar-refractivity contribution in [3.63, 3.8) is 0 Å². The van der Waals surface area contributed by atoms with Gasteiger partial charge in [-0.25, -0.2) is 0 Å². The number of ether oxygens (including phenoxy) is 6. The molecule has 0 unspecified atom stereocenters. The molecule has 7 heteroatoms. The van der Waals surface area contributed by atoms with Crippen molar-refractivity contribution in [3.8, 4) is 28.7 Å². The van der Waals surface area contributed by atoms with Gasteiger partial charge in [0.15, 0.2) is 11.5 Å². The van der Waals surface area contributed by atoms with E-state index < -0.39 is 5.41 Å². The molecule has 190 valence electrons. The highest BCUT2D eigenvalue weighted by atomic mass is 16.5. The lowest BCUT2D eigenvalue weighted by atomic mass is 9.77. The van der Waals surface area contributed by atoms with E-state index in [0.717, 1.165) is 28.0 Å². The van der Waals surface area contributed by atoms with E-state index in [1.165, 1.54) is 0 Å². The predicted octanol–water partition coefficient (Wildman–Crippen LogP) is 4.90. The monoisotopic (exact) mass is 492 g/mol. The van der Waals surface area contributed by atoms with Crippen LogP contribution < -0.4 is 23.7 Å². The summed E-state index contributed by atoms with van der Waals surface area (Å²) in [5.41, 5.74) is 2.62. The topological polar surface area (TPSA) is 72.5 Å². The highest BCUT2D eigenvalue weighted by Gasteiger charge is 2.50. The minimum absolute atomic E-state index is 0.274. The SMILES string of the molecule is CCOC(=O)C1(c2ccc(OCc3ccccc3)cc2)Cc2c(c(OC)c(OC)c(OC)c2OC)C1. The first-order valence-corrected chi connectivity index (χ1v) is 11.8. The first-order chi connectivity index (χ1) is 17.5. The molecular weight excluding hydrogens is 460 g/mol. The zero-order chi connectivity index (χ0) is 25.7. The second kappa shape index (κ2) is 10.8. The Morgan fingerprint density at radius 3 is 1.75 bits per heavy atom. The van der Waals surface area contributed by atoms with Gasteiger partial charge < -0.3 is 28.4 Å². The molecule has 0 aromatic heterocycles. The van der Waals surface area contributed by atoms with E-state index in [9.17, 15) is 4.79 Å². The Hall–Kier alpha value is -3.87. The molecule has 36 heavy (non-hydrogen) atoms. The number of carbonyl (C=O) groups is 1. The lowest BCUT2D eigenvalue weighted by Gasteiger charge is -2.27. The van der Waals surface area contributed by atoms with Crippen molar-refractivity contribution < 1.29 is 33.2 Å². The highest BCUT2D eigenvalue weighted by molar-refractivity contribution is 5.87. The van der Waals surface area contributed by atoms with Crippen molar-refractivity contribution in [1.29, 1.82) is 0 Å². The standard InChI is InChI=1S/C29H32O7/c1-6-35-28(30)29(20-12-14-21(15-13-20)36-18-19-10-8-7-9-11-19)16-22-23(17-29)25(32-3)27(34-5)26(33-4)24(22)31-2/h7-15H,6,16-18H2,1-5H3. The minimum atomic E-state index is -0.964. The lowest BCUT2D eigenvalue weighted by Crippen LogP contribution is -2.38. The van der Waals surface area contributed by atoms with E-state index in [-0.39, 0.29) is 12.6 Å². The largest absolute Gasteiger partial charge is 0.492 e. The van der Waals surface area contributed by atoms with Crippen molar-refractivity contribution in [2.45, 2.75) is 31.8 Å². The fourth-order valence-electron chi connectivity index (χ4n) is 4.94. The van der Waals surface area contributed by atoms with Gasteiger partial charge in [-0.3, -0.25) is 4.79 Å². The summed E-state index contributed by atoms with van der Waals surface area (Å²) in [5, 5.41) is 0. The van der Waals surface area contributed by atoms with Gasteiger partial charge in [-0.1, -0.05) is 42.5 Å². The second-order valence-corrected chi connectivity index (χ2v) is 8.54. The van der Waals surface area contributed by atoms with Gasteiger partial charge in [-0.2, -0.15) is 0 Å². The van der Waals surface area contributed by atoms with E-state index in [0.29, 0.717) is 42.4 Å². The first-order valence-electron chi connectivity index (χ1n) is 11.8. The van der Waals surface area contributed by atoms with Crippen molar-refractivity contribution in [2.24, 2.45) is 0 Å². The molecule has 3 aromatic carbocycles. The molecule has 0 bridgehead atoms. The number of benzene rings is 3. The number of carbonyl (C=O) groups excluding carboxylic acids is 1. The lowest BCUT2D eigenvalue weighted by molar-refractivity contribution is -0.149. The maximum atomic E-state index is 13.5. The Balaban J connectivity index is 1.74. The second-order valence-electron chi connectivity index (χ2n) is 8.54. The average molecular weight is 493 g/mol. The number of methoxy groups -OCH3 is 4. The number of fused-ring (bicyclic) bond motifs is 1. The fourth-order valence-corrected chi connectivity index (χ4v) is 4.94. The van der Waals surface area contributed by atoms with Crippen LogP contribution in [0, 0.1) is 0 Å². The van der Waals surface area contributed by atoms with Gasteiger partial charge in [-0.15, -0.1) is 0 Å². The molecule has 0 aliphatic heterocycles. The van der Waals surface area contributed by atoms with Gasteiger partial charge in [0, 0.05) is 11.1 Å². The molecule has 0 heterocycles. The highest BCUT2D eigenvalue weighted by Crippen LogP contribution is 2.56. The van der Waals surface area contributed by atoms with E-state index in [4.69, 9.17) is 28.4 Å². The Morgan fingerprint density at radius 1 is 0.750 bits per heavy atom. The van der Waals surface area contributed by atoms with Crippen molar-refractivity contribution in [1.82, 2.24) is 0 Å². The Bertz CT molecular complexity index is 1160. The van der Waals surface area contributed by atoms with Gasteiger partial charge in [0.1, 0.15) is 17.8 Å². The molecule has 0 fully saturated rings. The maximum absolute atomic E-state index is 13.5. The molecule has 0 saturated carbocycles. The van der Waals surface area contributed by atoms with E-state index >= 15 is 0 Å². The zero-order valence-electron chi connectivity index (χ0n) is 21.4. The Kier molecular flexibility index (Phi) is 7.58. The summed E-state index contributed by atoms with van der Waals surface area (Å²) in [6, 6.07) is 17.6. The summed E-state index contributed by atoms with van der Waals surface area (Å²) in [5.74, 6) is 2.33. The summed E-state index contributed by atoms with van der Waals surface area (Å²) < 4.78 is 34.3. The van der Waals surface area contributed by atoms with Gasteiger partial charge in [0.2, 0.25) is 11.5 Å². The van der Waals surface area contributed by atoms with Gasteiger partial charge in [-0.05, 0) is 43.0 Å². The van der Waals surface area contributed by atoms with Crippen LogP contribution in [0.4, 0.5) is 0 Å². The summed E-state index contributed by atoms with van der Waals surface area (Å²) >= 11 is 0. The van der Waals surface area contributed by atoms with Crippen LogP contribution in [0.5, 0.6) is 28.7 Å². The molecular formula is C29H32O7. The molecule has 3 aromatic rings. The molecule has 7 nitrogen and oxygen atoms in total. The molecule has 4 rings (SSSR count). The number of hydrogen-bond donors (Lipinski definition) is 0. The van der Waals surface area contributed by atoms with Crippen LogP contribution in [-0.4, -0.2) is 41.0 Å². The number of hydrogen-bond acceptors (Lipinski definition) is 7. The molecule has 0 amide bonds. The molecule has 0 spiro atoms. The third-order valence-electron chi connectivity index (χ3n) is 6.63. The predicted molar refractivity (Wildman–Crippen MR) is 136 cm³/mol. The smallest absolute Gasteiger partial charge is 0.317 e. The third-order valence-corrected chi connectivity index (χ3v) is 6.63. The number of rotatable bonds is 10. The van der Waals surface area contributed by atoms with Crippen molar-refractivity contribution in [2.75, 3.05) is 35.0 Å². The minimum Gasteiger partial charge on any atom is -0.492 e. The van der Waals surface area contributed by atoms with E-state index in [1.54, 1.807) is 35.4 Å². The molecule has 1 aliphatic rings. The molecule has 0 radical (unpaired) electrons. The first kappa shape index (κ1) is 25.2. The van der Waals surface area contributed by atoms with Crippen LogP contribution in [0.15, 0.2) is 54.6 Å². The fraction of sp³-hybridized carbons (Fsp3) is 0.345. The van der Waals surface area contributed by atoms with Crippen molar-refractivity contribution >= 4 is 5.97 Å². The number of esters is 1. The molecule has 1 aliphatic carbocycles. The Morgan fingerprint density at radius 2 is 1.28 bits per heavy atom. The summed E-state index contributed by atoms with van der Waals surface area (Å²) in [6.45, 7) is 2.54. The molecule has 0 N–H and O–H groups in total. The zero-order valence-corrected chi connectivity index (χ0v) is 21.4. The third kappa shape index (κ3) is 4.41. The van der Waals surface area contributed by atoms with Crippen LogP contribution in [0.1, 0.15) is 29.2 Å². The summed E-state index contributed by atoms with van der Waals surface area (Å²) in [7, 11) is 6.25. The van der Waals surface area contributed by atoms with E-state index in [2.05, 4.69) is 0 Å². The van der Waals surface area contributed by atoms with Crippen molar-refractivity contribution in [3.05, 3.63) is 76.9 Å². The normalized spacial score (nSPS) is 13.5. The molecule has 0 saturated heterocycles. The van der Waals surface area contributed by atoms with Crippen LogP contribution in [-0.2, 0) is 34.4 Å². The van der Waals surface area contributed by atoms with Crippen LogP contribution in [0.3, 0.4) is 0 Å². The quantitative estimate of drug-likeness (QED) is 0.373. The Labute approximate surface area is 211 Å². The van der Waals surface area contributed by atoms with E-state index in [1.807, 2.05) is 54.6 Å².